The summed E-state index contributed by atoms with van der Waals surface area (Å²) in [5.74, 6) is 0. The minimum absolute atomic E-state index is 0.0432. The fraction of sp³-hybridized carbons (Fsp3) is 0.381. The molecular weight excluding hydrogens is 374 g/mol. The third-order valence-electron chi connectivity index (χ3n) is 5.23. The Morgan fingerprint density at radius 2 is 2.07 bits per heavy atom. The first kappa shape index (κ1) is 19.1. The summed E-state index contributed by atoms with van der Waals surface area (Å²) in [6.07, 6.45) is 2.65. The van der Waals surface area contributed by atoms with Crippen LogP contribution in [0.3, 0.4) is 0 Å². The van der Waals surface area contributed by atoms with Crippen molar-refractivity contribution in [2.75, 3.05) is 19.6 Å². The van der Waals surface area contributed by atoms with Crippen molar-refractivity contribution in [1.29, 1.82) is 0 Å². The Bertz CT molecular complexity index is 1060. The number of hydrogen-bond donors (Lipinski definition) is 1. The lowest BCUT2D eigenvalue weighted by Crippen LogP contribution is -2.37. The molecule has 0 unspecified atom stereocenters. The van der Waals surface area contributed by atoms with E-state index in [0.29, 0.717) is 4.90 Å². The average Bonchev–Trinajstić information content (AvgIpc) is 3.29. The van der Waals surface area contributed by atoms with E-state index in [0.717, 1.165) is 61.1 Å². The van der Waals surface area contributed by atoms with Gasteiger partial charge in [-0.15, -0.1) is 0 Å². The lowest BCUT2D eigenvalue weighted by molar-refractivity contribution is 0.326. The SMILES string of the molecule is Cc1cccc(S(=O)(=O)N[C@H]2CCN(CCCc3noc4ccccc34)C2)c1. The highest BCUT2D eigenvalue weighted by Gasteiger charge is 2.27. The van der Waals surface area contributed by atoms with Crippen molar-refractivity contribution in [3.8, 4) is 0 Å². The third-order valence-corrected chi connectivity index (χ3v) is 6.75. The van der Waals surface area contributed by atoms with Gasteiger partial charge in [0.15, 0.2) is 5.58 Å². The molecule has 4 rings (SSSR count). The van der Waals surface area contributed by atoms with Crippen LogP contribution >= 0.6 is 0 Å². The fourth-order valence-electron chi connectivity index (χ4n) is 3.79. The van der Waals surface area contributed by atoms with Crippen molar-refractivity contribution >= 4 is 21.0 Å². The Morgan fingerprint density at radius 1 is 1.21 bits per heavy atom. The first-order valence-electron chi connectivity index (χ1n) is 9.66. The summed E-state index contributed by atoms with van der Waals surface area (Å²) in [6, 6.07) is 14.9. The third kappa shape index (κ3) is 4.27. The van der Waals surface area contributed by atoms with Crippen molar-refractivity contribution in [3.63, 3.8) is 0 Å². The zero-order valence-corrected chi connectivity index (χ0v) is 16.8. The zero-order chi connectivity index (χ0) is 19.6. The van der Waals surface area contributed by atoms with E-state index >= 15 is 0 Å². The van der Waals surface area contributed by atoms with E-state index in [2.05, 4.69) is 14.8 Å². The molecule has 7 heteroatoms. The molecule has 0 bridgehead atoms. The monoisotopic (exact) mass is 399 g/mol. The smallest absolute Gasteiger partial charge is 0.240 e. The summed E-state index contributed by atoms with van der Waals surface area (Å²) in [5.41, 5.74) is 2.76. The molecule has 1 N–H and O–H groups in total. The number of benzene rings is 2. The van der Waals surface area contributed by atoms with Gasteiger partial charge in [-0.25, -0.2) is 13.1 Å². The maximum Gasteiger partial charge on any atom is 0.240 e. The van der Waals surface area contributed by atoms with E-state index in [9.17, 15) is 8.42 Å². The first-order valence-corrected chi connectivity index (χ1v) is 11.1. The molecule has 1 aliphatic heterocycles. The Labute approximate surface area is 165 Å². The Balaban J connectivity index is 1.28. The lowest BCUT2D eigenvalue weighted by atomic mass is 10.1. The van der Waals surface area contributed by atoms with Gasteiger partial charge in [0, 0.05) is 18.0 Å². The fourth-order valence-corrected chi connectivity index (χ4v) is 5.16. The second-order valence-corrected chi connectivity index (χ2v) is 9.17. The number of fused-ring (bicyclic) bond motifs is 1. The van der Waals surface area contributed by atoms with Crippen molar-refractivity contribution < 1.29 is 12.9 Å². The van der Waals surface area contributed by atoms with Crippen LogP contribution in [0, 0.1) is 6.92 Å². The van der Waals surface area contributed by atoms with Crippen LogP contribution < -0.4 is 4.72 Å². The number of likely N-dealkylation sites (tertiary alicyclic amines) is 1. The van der Waals surface area contributed by atoms with Gasteiger partial charge in [-0.2, -0.15) is 0 Å². The minimum atomic E-state index is -3.47. The summed E-state index contributed by atoms with van der Waals surface area (Å²) < 4.78 is 33.4. The zero-order valence-electron chi connectivity index (χ0n) is 16.0. The van der Waals surface area contributed by atoms with Crippen LogP contribution in [0.4, 0.5) is 0 Å². The molecule has 28 heavy (non-hydrogen) atoms. The summed E-state index contributed by atoms with van der Waals surface area (Å²) in [7, 11) is -3.47. The van der Waals surface area contributed by atoms with Gasteiger partial charge in [0.05, 0.1) is 10.6 Å². The molecule has 3 aromatic rings. The van der Waals surface area contributed by atoms with Crippen LogP contribution in [0.2, 0.25) is 0 Å². The molecule has 0 amide bonds. The Morgan fingerprint density at radius 3 is 2.93 bits per heavy atom. The van der Waals surface area contributed by atoms with Gasteiger partial charge in [-0.1, -0.05) is 29.4 Å². The second kappa shape index (κ2) is 8.03. The molecular formula is C21H25N3O3S. The van der Waals surface area contributed by atoms with Gasteiger partial charge in [0.2, 0.25) is 10.0 Å². The van der Waals surface area contributed by atoms with Gasteiger partial charge >= 0.3 is 0 Å². The van der Waals surface area contributed by atoms with Gasteiger partial charge in [-0.3, -0.25) is 0 Å². The first-order chi connectivity index (χ1) is 13.5. The Hall–Kier alpha value is -2.22. The normalized spacial score (nSPS) is 18.1. The summed E-state index contributed by atoms with van der Waals surface area (Å²) >= 11 is 0. The predicted molar refractivity (Wildman–Crippen MR) is 109 cm³/mol. The molecule has 0 aliphatic carbocycles. The number of para-hydroxylation sites is 1. The number of aromatic nitrogens is 1. The number of nitrogens with one attached hydrogen (secondary N) is 1. The van der Waals surface area contributed by atoms with Crippen LogP contribution in [0.15, 0.2) is 57.9 Å². The molecule has 2 heterocycles. The summed E-state index contributed by atoms with van der Waals surface area (Å²) in [6.45, 7) is 4.46. The molecule has 6 nitrogen and oxygen atoms in total. The van der Waals surface area contributed by atoms with E-state index in [1.807, 2.05) is 37.3 Å². The largest absolute Gasteiger partial charge is 0.356 e. The van der Waals surface area contributed by atoms with Crippen molar-refractivity contribution in [2.45, 2.75) is 37.1 Å². The second-order valence-electron chi connectivity index (χ2n) is 7.45. The van der Waals surface area contributed by atoms with Crippen LogP contribution in [-0.4, -0.2) is 44.2 Å². The predicted octanol–water partition coefficient (Wildman–Crippen LogP) is 3.12. The van der Waals surface area contributed by atoms with E-state index in [-0.39, 0.29) is 6.04 Å². The number of sulfonamides is 1. The minimum Gasteiger partial charge on any atom is -0.356 e. The van der Waals surface area contributed by atoms with Gasteiger partial charge in [0.1, 0.15) is 0 Å². The highest BCUT2D eigenvalue weighted by Crippen LogP contribution is 2.20. The standard InChI is InChI=1S/C21H25N3O3S/c1-16-6-4-7-18(14-16)28(25,26)23-17-11-13-24(15-17)12-5-9-20-19-8-2-3-10-21(19)27-22-20/h2-4,6-8,10,14,17,23H,5,9,11-13,15H2,1H3/t17-/m0/s1. The van der Waals surface area contributed by atoms with Crippen LogP contribution in [0.5, 0.6) is 0 Å². The number of hydrogen-bond acceptors (Lipinski definition) is 5. The quantitative estimate of drug-likeness (QED) is 0.661. The maximum absolute atomic E-state index is 12.6. The van der Waals surface area contributed by atoms with Crippen molar-refractivity contribution in [1.82, 2.24) is 14.8 Å². The molecule has 0 radical (unpaired) electrons. The van der Waals surface area contributed by atoms with Crippen LogP contribution in [0.1, 0.15) is 24.1 Å². The number of aryl methyl sites for hydroxylation is 2. The van der Waals surface area contributed by atoms with Crippen LogP contribution in [-0.2, 0) is 16.4 Å². The number of rotatable bonds is 7. The van der Waals surface area contributed by atoms with Gasteiger partial charge in [-0.05, 0) is 69.1 Å². The van der Waals surface area contributed by atoms with E-state index < -0.39 is 10.0 Å². The lowest BCUT2D eigenvalue weighted by Gasteiger charge is -2.16. The van der Waals surface area contributed by atoms with Crippen molar-refractivity contribution in [2.24, 2.45) is 0 Å². The highest BCUT2D eigenvalue weighted by atomic mass is 32.2. The van der Waals surface area contributed by atoms with E-state index in [1.165, 1.54) is 0 Å². The summed E-state index contributed by atoms with van der Waals surface area (Å²) in [4.78, 5) is 2.65. The van der Waals surface area contributed by atoms with Crippen molar-refractivity contribution in [3.05, 3.63) is 59.8 Å². The molecule has 1 aliphatic rings. The molecule has 1 aromatic heterocycles. The molecule has 0 saturated carbocycles. The topological polar surface area (TPSA) is 75.4 Å². The van der Waals surface area contributed by atoms with E-state index in [4.69, 9.17) is 4.52 Å². The molecule has 2 aromatic carbocycles. The average molecular weight is 400 g/mol. The van der Waals surface area contributed by atoms with Gasteiger partial charge in [0.25, 0.3) is 0 Å². The van der Waals surface area contributed by atoms with Gasteiger partial charge < -0.3 is 9.42 Å². The van der Waals surface area contributed by atoms with Crippen LogP contribution in [0.25, 0.3) is 11.0 Å². The summed E-state index contributed by atoms with van der Waals surface area (Å²) in [5, 5.41) is 5.25. The molecule has 0 spiro atoms. The molecule has 148 valence electrons. The maximum atomic E-state index is 12.6. The molecule has 1 atom stereocenters. The van der Waals surface area contributed by atoms with E-state index in [1.54, 1.807) is 18.2 Å². The molecule has 1 fully saturated rings. The Kier molecular flexibility index (Phi) is 5.48. The number of nitrogens with zero attached hydrogens (tertiary/aromatic N) is 2. The highest BCUT2D eigenvalue weighted by molar-refractivity contribution is 7.89. The molecule has 1 saturated heterocycles.